The van der Waals surface area contributed by atoms with Gasteiger partial charge < -0.3 is 9.47 Å². The number of hydrogen-bond acceptors (Lipinski definition) is 2. The molecule has 69 heavy (non-hydrogen) atoms. The Labute approximate surface area is 402 Å². The van der Waals surface area contributed by atoms with Crippen molar-refractivity contribution in [3.8, 4) is 50.3 Å². The maximum Gasteiger partial charge on any atom is 0.0714 e. The highest BCUT2D eigenvalue weighted by Gasteiger charge is 2.46. The van der Waals surface area contributed by atoms with Gasteiger partial charge in [-0.1, -0.05) is 200 Å². The third kappa shape index (κ3) is 6.70. The van der Waals surface area contributed by atoms with Crippen molar-refractivity contribution in [3.63, 3.8) is 0 Å². The van der Waals surface area contributed by atoms with Gasteiger partial charge in [-0.05, 0) is 122 Å². The fraction of sp³-hybridized carbons (Fsp3) is 0.0152. The number of nitrogens with zero attached hydrogens (tertiary/aromatic N) is 3. The molecule has 0 amide bonds. The molecule has 0 atom stereocenters. The molecule has 2 heterocycles. The lowest BCUT2D eigenvalue weighted by Crippen LogP contribution is -2.28. The first-order chi connectivity index (χ1) is 34.2. The number of anilines is 3. The Bertz CT molecular complexity index is 3690. The van der Waals surface area contributed by atoms with Crippen molar-refractivity contribution >= 4 is 38.9 Å². The molecular formula is C66H45N3. The number of pyridine rings is 1. The van der Waals surface area contributed by atoms with Crippen LogP contribution in [-0.4, -0.2) is 9.55 Å². The van der Waals surface area contributed by atoms with Gasteiger partial charge in [0.05, 0.1) is 34.0 Å². The van der Waals surface area contributed by atoms with Gasteiger partial charge in [0.25, 0.3) is 0 Å². The van der Waals surface area contributed by atoms with Gasteiger partial charge in [0.15, 0.2) is 0 Å². The predicted molar refractivity (Wildman–Crippen MR) is 287 cm³/mol. The molecule has 2 aromatic heterocycles. The number of rotatable bonds is 9. The normalized spacial score (nSPS) is 12.5. The lowest BCUT2D eigenvalue weighted by atomic mass is 9.67. The van der Waals surface area contributed by atoms with Gasteiger partial charge in [0, 0.05) is 33.4 Å². The minimum atomic E-state index is -0.593. The van der Waals surface area contributed by atoms with Crippen LogP contribution in [-0.2, 0) is 5.41 Å². The van der Waals surface area contributed by atoms with Gasteiger partial charge in [0.2, 0.25) is 0 Å². The topological polar surface area (TPSA) is 21.1 Å². The summed E-state index contributed by atoms with van der Waals surface area (Å²) >= 11 is 0. The van der Waals surface area contributed by atoms with Crippen LogP contribution in [0.5, 0.6) is 0 Å². The number of hydrogen-bond donors (Lipinski definition) is 0. The number of benzene rings is 10. The summed E-state index contributed by atoms with van der Waals surface area (Å²) in [4.78, 5) is 7.43. The largest absolute Gasteiger partial charge is 0.309 e. The van der Waals surface area contributed by atoms with E-state index in [4.69, 9.17) is 4.98 Å². The van der Waals surface area contributed by atoms with Gasteiger partial charge in [-0.2, -0.15) is 0 Å². The maximum atomic E-state index is 5.08. The fourth-order valence-electron chi connectivity index (χ4n) is 11.0. The third-order valence-corrected chi connectivity index (χ3v) is 14.1. The highest BCUT2D eigenvalue weighted by atomic mass is 15.1. The molecule has 10 aromatic carbocycles. The van der Waals surface area contributed by atoms with Gasteiger partial charge in [-0.25, -0.2) is 0 Å². The second-order valence-electron chi connectivity index (χ2n) is 17.9. The lowest BCUT2D eigenvalue weighted by molar-refractivity contribution is 0.768. The van der Waals surface area contributed by atoms with Crippen molar-refractivity contribution < 1.29 is 0 Å². The first-order valence-electron chi connectivity index (χ1n) is 23.7. The van der Waals surface area contributed by atoms with Crippen LogP contribution >= 0.6 is 0 Å². The summed E-state index contributed by atoms with van der Waals surface area (Å²) in [5.74, 6) is 0. The minimum Gasteiger partial charge on any atom is -0.309 e. The van der Waals surface area contributed by atoms with Crippen LogP contribution in [0, 0.1) is 0 Å². The van der Waals surface area contributed by atoms with Crippen LogP contribution < -0.4 is 4.90 Å². The molecule has 0 radical (unpaired) electrons. The summed E-state index contributed by atoms with van der Waals surface area (Å²) < 4.78 is 2.37. The molecule has 0 bridgehead atoms. The average Bonchev–Trinajstić information content (AvgIpc) is 3.92. The number of fused-ring (bicyclic) bond motifs is 6. The highest BCUT2D eigenvalue weighted by Crippen LogP contribution is 2.58. The molecule has 3 heteroatoms. The Hall–Kier alpha value is -9.05. The van der Waals surface area contributed by atoms with Gasteiger partial charge >= 0.3 is 0 Å². The zero-order valence-electron chi connectivity index (χ0n) is 37.8. The molecule has 1 aliphatic carbocycles. The van der Waals surface area contributed by atoms with E-state index in [0.29, 0.717) is 0 Å². The Morgan fingerprint density at radius 1 is 0.333 bits per heavy atom. The van der Waals surface area contributed by atoms with E-state index in [2.05, 4.69) is 270 Å². The molecule has 1 aliphatic rings. The van der Waals surface area contributed by atoms with Gasteiger partial charge in [-0.3, -0.25) is 4.98 Å². The molecule has 324 valence electrons. The van der Waals surface area contributed by atoms with Crippen molar-refractivity contribution in [3.05, 3.63) is 295 Å². The molecule has 0 spiro atoms. The summed E-state index contributed by atoms with van der Waals surface area (Å²) in [5.41, 5.74) is 20.2. The van der Waals surface area contributed by atoms with E-state index in [1.54, 1.807) is 0 Å². The Morgan fingerprint density at radius 2 is 0.783 bits per heavy atom. The van der Waals surface area contributed by atoms with Crippen LogP contribution in [0.1, 0.15) is 22.3 Å². The van der Waals surface area contributed by atoms with E-state index in [0.717, 1.165) is 45.1 Å². The summed E-state index contributed by atoms with van der Waals surface area (Å²) in [6.45, 7) is 0. The quantitative estimate of drug-likeness (QED) is 0.144. The van der Waals surface area contributed by atoms with E-state index in [-0.39, 0.29) is 0 Å². The monoisotopic (exact) mass is 879 g/mol. The smallest absolute Gasteiger partial charge is 0.0714 e. The fourth-order valence-corrected chi connectivity index (χ4v) is 11.0. The zero-order chi connectivity index (χ0) is 45.7. The number of para-hydroxylation sites is 2. The molecule has 13 rings (SSSR count). The Morgan fingerprint density at radius 3 is 1.36 bits per heavy atom. The number of aromatic nitrogens is 2. The van der Waals surface area contributed by atoms with Crippen LogP contribution in [0.25, 0.3) is 72.1 Å². The first kappa shape index (κ1) is 40.2. The van der Waals surface area contributed by atoms with E-state index in [1.807, 2.05) is 12.3 Å². The molecular weight excluding hydrogens is 835 g/mol. The van der Waals surface area contributed by atoms with Crippen LogP contribution in [0.15, 0.2) is 273 Å². The van der Waals surface area contributed by atoms with E-state index < -0.39 is 5.41 Å². The van der Waals surface area contributed by atoms with Crippen molar-refractivity contribution in [2.24, 2.45) is 0 Å². The zero-order valence-corrected chi connectivity index (χ0v) is 37.8. The SMILES string of the molecule is c1ccc(-c2ccc3c(c2)C(c2ccccc2)(c2ccccc2)c2cc(N(c4ccc(-c5ccc(-n6c7ccccc7c7ccccc76)cc5)cc4)c4ccc(-c5ccccc5)nc4)ccc2-3)cc1. The Balaban J connectivity index is 0.950. The van der Waals surface area contributed by atoms with E-state index in [1.165, 1.54) is 66.3 Å². The first-order valence-corrected chi connectivity index (χ1v) is 23.7. The Kier molecular flexibility index (Phi) is 9.73. The van der Waals surface area contributed by atoms with Crippen molar-refractivity contribution in [2.75, 3.05) is 4.90 Å². The average molecular weight is 880 g/mol. The van der Waals surface area contributed by atoms with Gasteiger partial charge in [-0.15, -0.1) is 0 Å². The molecule has 3 nitrogen and oxygen atoms in total. The summed E-state index contributed by atoms with van der Waals surface area (Å²) in [5, 5.41) is 2.52. The highest BCUT2D eigenvalue weighted by molar-refractivity contribution is 6.09. The molecule has 12 aromatic rings. The van der Waals surface area contributed by atoms with Crippen LogP contribution in [0.2, 0.25) is 0 Å². The molecule has 0 fully saturated rings. The van der Waals surface area contributed by atoms with Crippen LogP contribution in [0.4, 0.5) is 17.1 Å². The van der Waals surface area contributed by atoms with Gasteiger partial charge in [0.1, 0.15) is 0 Å². The summed E-state index contributed by atoms with van der Waals surface area (Å²) in [6.07, 6.45) is 2.01. The predicted octanol–water partition coefficient (Wildman–Crippen LogP) is 17.0. The van der Waals surface area contributed by atoms with Crippen molar-refractivity contribution in [1.82, 2.24) is 9.55 Å². The van der Waals surface area contributed by atoms with Crippen molar-refractivity contribution in [1.29, 1.82) is 0 Å². The molecule has 0 N–H and O–H groups in total. The maximum absolute atomic E-state index is 5.08. The minimum absolute atomic E-state index is 0.593. The van der Waals surface area contributed by atoms with Crippen molar-refractivity contribution in [2.45, 2.75) is 5.41 Å². The summed E-state index contributed by atoms with van der Waals surface area (Å²) in [7, 11) is 0. The lowest BCUT2D eigenvalue weighted by Gasteiger charge is -2.35. The standard InChI is InChI=1S/C66H45N3/c1-5-17-46(18-6-1)50-33-40-57-58-41-38-55(44-62(58)66(61(57)43-50,51-21-9-3-10-22-51)52-23-11-4-12-24-52)68(56-39-42-63(67-45-56)49-19-7-2-8-20-49)53-34-29-47(30-35-53)48-31-36-54(37-32-48)69-64-27-15-13-25-59(64)60-26-14-16-28-65(60)69/h1-45H. The molecule has 0 saturated heterocycles. The second-order valence-corrected chi connectivity index (χ2v) is 17.9. The second kappa shape index (κ2) is 16.7. The third-order valence-electron chi connectivity index (χ3n) is 14.1. The van der Waals surface area contributed by atoms with Crippen LogP contribution in [0.3, 0.4) is 0 Å². The van der Waals surface area contributed by atoms with E-state index >= 15 is 0 Å². The molecule has 0 saturated carbocycles. The summed E-state index contributed by atoms with van der Waals surface area (Å²) in [6, 6.07) is 97.0. The van der Waals surface area contributed by atoms with E-state index in [9.17, 15) is 0 Å². The molecule has 0 unspecified atom stereocenters. The molecule has 0 aliphatic heterocycles.